The van der Waals surface area contributed by atoms with Gasteiger partial charge in [0.25, 0.3) is 0 Å². The van der Waals surface area contributed by atoms with Gasteiger partial charge in [0.1, 0.15) is 0 Å². The number of piperazine rings is 1. The molecule has 3 aliphatic rings. The van der Waals surface area contributed by atoms with E-state index in [4.69, 9.17) is 0 Å². The minimum atomic E-state index is 0.783. The standard InChI is InChI=1S/C16H31N3/c1-2-7-18-8-10-19(11-9-18)13-15-12-14-5-3-4-6-16(14)17-15/h14-17H,2-13H2,1H3. The lowest BCUT2D eigenvalue weighted by Crippen LogP contribution is -2.50. The molecule has 3 heteroatoms. The minimum Gasteiger partial charge on any atom is -0.310 e. The van der Waals surface area contributed by atoms with Gasteiger partial charge >= 0.3 is 0 Å². The van der Waals surface area contributed by atoms with Crippen LogP contribution in [0.2, 0.25) is 0 Å². The van der Waals surface area contributed by atoms with Crippen LogP contribution in [0.1, 0.15) is 45.4 Å². The number of nitrogens with one attached hydrogen (secondary N) is 1. The molecule has 1 saturated carbocycles. The first-order valence-electron chi connectivity index (χ1n) is 8.56. The van der Waals surface area contributed by atoms with Crippen molar-refractivity contribution in [3.05, 3.63) is 0 Å². The lowest BCUT2D eigenvalue weighted by atomic mass is 9.85. The highest BCUT2D eigenvalue weighted by molar-refractivity contribution is 4.94. The van der Waals surface area contributed by atoms with Crippen molar-refractivity contribution in [2.24, 2.45) is 5.92 Å². The van der Waals surface area contributed by atoms with Gasteiger partial charge in [-0.25, -0.2) is 0 Å². The van der Waals surface area contributed by atoms with E-state index in [1.807, 2.05) is 0 Å². The highest BCUT2D eigenvalue weighted by Gasteiger charge is 2.35. The zero-order chi connectivity index (χ0) is 13.1. The molecule has 1 N–H and O–H groups in total. The summed E-state index contributed by atoms with van der Waals surface area (Å²) in [6.45, 7) is 10.0. The zero-order valence-corrected chi connectivity index (χ0v) is 12.6. The number of hydrogen-bond donors (Lipinski definition) is 1. The fourth-order valence-corrected chi connectivity index (χ4v) is 4.40. The summed E-state index contributed by atoms with van der Waals surface area (Å²) in [6.07, 6.45) is 8.60. The normalized spacial score (nSPS) is 37.4. The molecule has 0 aromatic carbocycles. The van der Waals surface area contributed by atoms with Crippen LogP contribution >= 0.6 is 0 Å². The van der Waals surface area contributed by atoms with Crippen molar-refractivity contribution in [2.45, 2.75) is 57.5 Å². The summed E-state index contributed by atoms with van der Waals surface area (Å²) in [5.74, 6) is 1.00. The Bertz CT molecular complexity index is 259. The number of fused-ring (bicyclic) bond motifs is 1. The van der Waals surface area contributed by atoms with Crippen LogP contribution < -0.4 is 5.32 Å². The monoisotopic (exact) mass is 265 g/mol. The molecule has 0 bridgehead atoms. The maximum absolute atomic E-state index is 3.92. The fourth-order valence-electron chi connectivity index (χ4n) is 4.40. The molecule has 2 aliphatic heterocycles. The molecule has 3 nitrogen and oxygen atoms in total. The maximum Gasteiger partial charge on any atom is 0.0200 e. The van der Waals surface area contributed by atoms with Crippen LogP contribution in [-0.2, 0) is 0 Å². The Morgan fingerprint density at radius 1 is 1.00 bits per heavy atom. The molecule has 2 saturated heterocycles. The van der Waals surface area contributed by atoms with Gasteiger partial charge in [0.15, 0.2) is 0 Å². The lowest BCUT2D eigenvalue weighted by Gasteiger charge is -2.35. The van der Waals surface area contributed by atoms with E-state index in [0.29, 0.717) is 0 Å². The third-order valence-corrected chi connectivity index (χ3v) is 5.43. The highest BCUT2D eigenvalue weighted by atomic mass is 15.3. The zero-order valence-electron chi connectivity index (χ0n) is 12.6. The van der Waals surface area contributed by atoms with Crippen molar-refractivity contribution in [3.63, 3.8) is 0 Å². The van der Waals surface area contributed by atoms with E-state index in [1.54, 1.807) is 0 Å². The van der Waals surface area contributed by atoms with E-state index in [-0.39, 0.29) is 0 Å². The summed E-state index contributed by atoms with van der Waals surface area (Å²) < 4.78 is 0. The van der Waals surface area contributed by atoms with Gasteiger partial charge in [-0.1, -0.05) is 19.8 Å². The first-order valence-corrected chi connectivity index (χ1v) is 8.56. The Labute approximate surface area is 118 Å². The molecule has 0 aromatic heterocycles. The van der Waals surface area contributed by atoms with Gasteiger partial charge in [0.05, 0.1) is 0 Å². The Kier molecular flexibility index (Phi) is 4.78. The van der Waals surface area contributed by atoms with Gasteiger partial charge < -0.3 is 10.2 Å². The molecule has 2 heterocycles. The molecule has 3 fully saturated rings. The van der Waals surface area contributed by atoms with Crippen LogP contribution in [0.3, 0.4) is 0 Å². The predicted molar refractivity (Wildman–Crippen MR) is 80.5 cm³/mol. The second-order valence-electron chi connectivity index (χ2n) is 6.89. The van der Waals surface area contributed by atoms with Crippen molar-refractivity contribution in [2.75, 3.05) is 39.3 Å². The molecule has 0 aromatic rings. The third kappa shape index (κ3) is 3.50. The van der Waals surface area contributed by atoms with Crippen molar-refractivity contribution in [3.8, 4) is 0 Å². The van der Waals surface area contributed by atoms with Crippen LogP contribution in [0.25, 0.3) is 0 Å². The molecule has 3 rings (SSSR count). The summed E-state index contributed by atoms with van der Waals surface area (Å²) in [5.41, 5.74) is 0. The molecule has 3 unspecified atom stereocenters. The van der Waals surface area contributed by atoms with Crippen molar-refractivity contribution >= 4 is 0 Å². The van der Waals surface area contributed by atoms with Gasteiger partial charge in [-0.05, 0) is 38.1 Å². The van der Waals surface area contributed by atoms with Gasteiger partial charge in [0.2, 0.25) is 0 Å². The smallest absolute Gasteiger partial charge is 0.0200 e. The lowest BCUT2D eigenvalue weighted by molar-refractivity contribution is 0.124. The molecule has 0 spiro atoms. The average Bonchev–Trinajstić information content (AvgIpc) is 2.83. The number of nitrogens with zero attached hydrogens (tertiary/aromatic N) is 2. The molecule has 110 valence electrons. The number of rotatable bonds is 4. The number of hydrogen-bond acceptors (Lipinski definition) is 3. The van der Waals surface area contributed by atoms with Gasteiger partial charge in [-0.3, -0.25) is 4.90 Å². The summed E-state index contributed by atoms with van der Waals surface area (Å²) in [6, 6.07) is 1.64. The van der Waals surface area contributed by atoms with Gasteiger partial charge in [0, 0.05) is 44.8 Å². The van der Waals surface area contributed by atoms with Gasteiger partial charge in [-0.2, -0.15) is 0 Å². The first kappa shape index (κ1) is 13.8. The molecular weight excluding hydrogens is 234 g/mol. The SMILES string of the molecule is CCCN1CCN(CC2CC3CCCCC3N2)CC1. The fraction of sp³-hybridized carbons (Fsp3) is 1.00. The second kappa shape index (κ2) is 6.55. The van der Waals surface area contributed by atoms with Crippen molar-refractivity contribution in [1.29, 1.82) is 0 Å². The van der Waals surface area contributed by atoms with Crippen molar-refractivity contribution in [1.82, 2.24) is 15.1 Å². The maximum atomic E-state index is 3.92. The summed E-state index contributed by atoms with van der Waals surface area (Å²) >= 11 is 0. The second-order valence-corrected chi connectivity index (χ2v) is 6.89. The van der Waals surface area contributed by atoms with Crippen molar-refractivity contribution < 1.29 is 0 Å². The van der Waals surface area contributed by atoms with Crippen LogP contribution in [0.5, 0.6) is 0 Å². The summed E-state index contributed by atoms with van der Waals surface area (Å²) in [4.78, 5) is 5.32. The topological polar surface area (TPSA) is 18.5 Å². The third-order valence-electron chi connectivity index (χ3n) is 5.43. The molecule has 0 radical (unpaired) electrons. The Balaban J connectivity index is 1.41. The first-order chi connectivity index (χ1) is 9.35. The van der Waals surface area contributed by atoms with E-state index >= 15 is 0 Å². The minimum absolute atomic E-state index is 0.783. The Hall–Kier alpha value is -0.120. The van der Waals surface area contributed by atoms with E-state index in [0.717, 1.165) is 18.0 Å². The molecule has 0 amide bonds. The summed E-state index contributed by atoms with van der Waals surface area (Å²) in [5, 5.41) is 3.92. The average molecular weight is 265 g/mol. The van der Waals surface area contributed by atoms with Crippen LogP contribution in [0.15, 0.2) is 0 Å². The highest BCUT2D eigenvalue weighted by Crippen LogP contribution is 2.33. The van der Waals surface area contributed by atoms with E-state index < -0.39 is 0 Å². The largest absolute Gasteiger partial charge is 0.310 e. The van der Waals surface area contributed by atoms with Crippen LogP contribution in [0.4, 0.5) is 0 Å². The van der Waals surface area contributed by atoms with E-state index in [9.17, 15) is 0 Å². The molecular formula is C16H31N3. The van der Waals surface area contributed by atoms with Gasteiger partial charge in [-0.15, -0.1) is 0 Å². The Morgan fingerprint density at radius 3 is 2.47 bits per heavy atom. The Morgan fingerprint density at radius 2 is 1.74 bits per heavy atom. The summed E-state index contributed by atoms with van der Waals surface area (Å²) in [7, 11) is 0. The quantitative estimate of drug-likeness (QED) is 0.838. The van der Waals surface area contributed by atoms with E-state index in [1.165, 1.54) is 77.8 Å². The van der Waals surface area contributed by atoms with E-state index in [2.05, 4.69) is 22.0 Å². The molecule has 1 aliphatic carbocycles. The van der Waals surface area contributed by atoms with Crippen LogP contribution in [-0.4, -0.2) is 61.2 Å². The predicted octanol–water partition coefficient (Wildman–Crippen LogP) is 1.93. The van der Waals surface area contributed by atoms with Crippen LogP contribution in [0, 0.1) is 5.92 Å². The molecule has 19 heavy (non-hydrogen) atoms. The molecule has 3 atom stereocenters.